The van der Waals surface area contributed by atoms with Crippen LogP contribution >= 0.6 is 7.60 Å². The molecule has 2 rings (SSSR count). The number of esters is 1. The zero-order valence-electron chi connectivity index (χ0n) is 16.5. The van der Waals surface area contributed by atoms with E-state index in [1.54, 1.807) is 45.2 Å². The van der Waals surface area contributed by atoms with Crippen molar-refractivity contribution in [2.45, 2.75) is 32.5 Å². The zero-order valence-corrected chi connectivity index (χ0v) is 17.4. The lowest BCUT2D eigenvalue weighted by Gasteiger charge is -2.26. The summed E-state index contributed by atoms with van der Waals surface area (Å²) in [6.07, 6.45) is -0.115. The van der Waals surface area contributed by atoms with Crippen LogP contribution in [0.3, 0.4) is 0 Å². The van der Waals surface area contributed by atoms with Gasteiger partial charge in [-0.05, 0) is 37.1 Å². The van der Waals surface area contributed by atoms with Gasteiger partial charge in [-0.2, -0.15) is 0 Å². The van der Waals surface area contributed by atoms with E-state index in [1.807, 2.05) is 30.3 Å². The summed E-state index contributed by atoms with van der Waals surface area (Å²) < 4.78 is 35.0. The Bertz CT molecular complexity index is 765. The lowest BCUT2D eigenvalue weighted by Crippen LogP contribution is -2.14. The molecule has 2 aromatic rings. The van der Waals surface area contributed by atoms with Crippen molar-refractivity contribution in [3.05, 3.63) is 65.7 Å². The fourth-order valence-electron chi connectivity index (χ4n) is 2.77. The molecule has 0 amide bonds. The molecule has 1 atom stereocenters. The predicted molar refractivity (Wildman–Crippen MR) is 107 cm³/mol. The van der Waals surface area contributed by atoms with Crippen LogP contribution in [0.2, 0.25) is 0 Å². The predicted octanol–water partition coefficient (Wildman–Crippen LogP) is 5.14. The molecule has 6 nitrogen and oxygen atoms in total. The maximum absolute atomic E-state index is 13.4. The lowest BCUT2D eigenvalue weighted by atomic mass is 10.1. The molecule has 0 aliphatic heterocycles. The number of carbonyl (C=O) groups excluding carboxylic acids is 1. The van der Waals surface area contributed by atoms with Gasteiger partial charge >= 0.3 is 13.6 Å². The third kappa shape index (κ3) is 6.20. The number of benzene rings is 2. The summed E-state index contributed by atoms with van der Waals surface area (Å²) in [5.41, 5.74) is 0.791. The van der Waals surface area contributed by atoms with Crippen molar-refractivity contribution in [1.29, 1.82) is 0 Å². The second-order valence-corrected chi connectivity index (χ2v) is 8.23. The molecule has 0 aromatic heterocycles. The van der Waals surface area contributed by atoms with Gasteiger partial charge in [0.25, 0.3) is 0 Å². The number of carbonyl (C=O) groups is 1. The van der Waals surface area contributed by atoms with Gasteiger partial charge in [-0.15, -0.1) is 0 Å². The number of hydrogen-bond acceptors (Lipinski definition) is 6. The summed E-state index contributed by atoms with van der Waals surface area (Å²) >= 11 is 0. The Balaban J connectivity index is 2.21. The van der Waals surface area contributed by atoms with Crippen molar-refractivity contribution >= 4 is 13.6 Å². The summed E-state index contributed by atoms with van der Waals surface area (Å²) in [7, 11) is -2.00. The van der Waals surface area contributed by atoms with E-state index in [1.165, 1.54) is 0 Å². The smallest absolute Gasteiger partial charge is 0.338 e. The molecule has 2 aromatic carbocycles. The van der Waals surface area contributed by atoms with Gasteiger partial charge in [0.15, 0.2) is 0 Å². The van der Waals surface area contributed by atoms with E-state index in [-0.39, 0.29) is 26.2 Å². The Morgan fingerprint density at radius 1 is 0.964 bits per heavy atom. The Kier molecular flexibility index (Phi) is 8.71. The largest absolute Gasteiger partial charge is 0.497 e. The second-order valence-electron chi connectivity index (χ2n) is 6.01. The van der Waals surface area contributed by atoms with E-state index in [4.69, 9.17) is 18.5 Å². The topological polar surface area (TPSA) is 71.1 Å². The molecular formula is C21H27O6P. The first-order valence-electron chi connectivity index (χ1n) is 9.24. The minimum Gasteiger partial charge on any atom is -0.497 e. The van der Waals surface area contributed by atoms with Gasteiger partial charge in [-0.3, -0.25) is 9.36 Å². The molecule has 0 bridgehead atoms. The Morgan fingerprint density at radius 2 is 1.57 bits per heavy atom. The molecule has 0 saturated heterocycles. The van der Waals surface area contributed by atoms with Crippen molar-refractivity contribution in [2.75, 3.05) is 20.3 Å². The number of hydrogen-bond donors (Lipinski definition) is 0. The van der Waals surface area contributed by atoms with Gasteiger partial charge in [0, 0.05) is 0 Å². The van der Waals surface area contributed by atoms with E-state index in [0.29, 0.717) is 11.3 Å². The molecule has 0 aliphatic rings. The van der Waals surface area contributed by atoms with Crippen LogP contribution in [0.25, 0.3) is 0 Å². The summed E-state index contributed by atoms with van der Waals surface area (Å²) in [6, 6.07) is 16.4. The SMILES string of the molecule is CCOP(=O)(OCC)[C@H](CC(=O)OCc1ccccc1)c1ccc(OC)cc1. The average molecular weight is 406 g/mol. The fourth-order valence-corrected chi connectivity index (χ4v) is 4.83. The van der Waals surface area contributed by atoms with E-state index >= 15 is 0 Å². The van der Waals surface area contributed by atoms with E-state index in [2.05, 4.69) is 0 Å². The molecule has 152 valence electrons. The van der Waals surface area contributed by atoms with Crippen molar-refractivity contribution in [3.63, 3.8) is 0 Å². The van der Waals surface area contributed by atoms with Gasteiger partial charge in [-0.1, -0.05) is 42.5 Å². The maximum Gasteiger partial charge on any atom is 0.338 e. The van der Waals surface area contributed by atoms with Crippen LogP contribution in [-0.4, -0.2) is 26.3 Å². The molecule has 0 heterocycles. The normalized spacial score (nSPS) is 12.4. The lowest BCUT2D eigenvalue weighted by molar-refractivity contribution is -0.145. The third-order valence-corrected chi connectivity index (χ3v) is 6.58. The average Bonchev–Trinajstić information content (AvgIpc) is 2.71. The highest BCUT2D eigenvalue weighted by Gasteiger charge is 2.38. The zero-order chi connectivity index (χ0) is 20.4. The minimum atomic E-state index is -3.57. The van der Waals surface area contributed by atoms with Crippen LogP contribution in [0.15, 0.2) is 54.6 Å². The fraction of sp³-hybridized carbons (Fsp3) is 0.381. The molecule has 0 spiro atoms. The summed E-state index contributed by atoms with van der Waals surface area (Å²) in [5.74, 6) is 0.195. The van der Waals surface area contributed by atoms with Gasteiger partial charge in [-0.25, -0.2) is 0 Å². The monoisotopic (exact) mass is 406 g/mol. The van der Waals surface area contributed by atoms with Gasteiger partial charge in [0.2, 0.25) is 0 Å². The molecule has 0 N–H and O–H groups in total. The van der Waals surface area contributed by atoms with E-state index in [0.717, 1.165) is 5.56 Å². The first-order valence-corrected chi connectivity index (χ1v) is 10.9. The number of methoxy groups -OCH3 is 1. The van der Waals surface area contributed by atoms with Crippen molar-refractivity contribution in [2.24, 2.45) is 0 Å². The molecule has 0 radical (unpaired) electrons. The molecule has 0 unspecified atom stereocenters. The highest BCUT2D eigenvalue weighted by atomic mass is 31.2. The molecule has 0 aliphatic carbocycles. The Labute approximate surface area is 166 Å². The number of rotatable bonds is 11. The molecule has 28 heavy (non-hydrogen) atoms. The molecule has 7 heteroatoms. The molecular weight excluding hydrogens is 379 g/mol. The number of ether oxygens (including phenoxy) is 2. The third-order valence-electron chi connectivity index (χ3n) is 4.10. The van der Waals surface area contributed by atoms with Crippen LogP contribution in [0.5, 0.6) is 5.75 Å². The highest BCUT2D eigenvalue weighted by molar-refractivity contribution is 7.54. The second kappa shape index (κ2) is 11.0. The van der Waals surface area contributed by atoms with E-state index in [9.17, 15) is 9.36 Å². The quantitative estimate of drug-likeness (QED) is 0.380. The van der Waals surface area contributed by atoms with Crippen LogP contribution in [0.4, 0.5) is 0 Å². The summed E-state index contributed by atoms with van der Waals surface area (Å²) in [4.78, 5) is 12.5. The van der Waals surface area contributed by atoms with Crippen molar-refractivity contribution in [1.82, 2.24) is 0 Å². The summed E-state index contributed by atoms with van der Waals surface area (Å²) in [5, 5.41) is 0. The molecule has 0 saturated carbocycles. The highest BCUT2D eigenvalue weighted by Crippen LogP contribution is 2.62. The van der Waals surface area contributed by atoms with Gasteiger partial charge in [0.05, 0.1) is 32.4 Å². The van der Waals surface area contributed by atoms with Crippen LogP contribution in [-0.2, 0) is 29.8 Å². The first kappa shape index (κ1) is 22.2. The van der Waals surface area contributed by atoms with E-state index < -0.39 is 19.2 Å². The van der Waals surface area contributed by atoms with Gasteiger partial charge in [0.1, 0.15) is 12.4 Å². The first-order chi connectivity index (χ1) is 13.5. The Hall–Kier alpha value is -2.14. The van der Waals surface area contributed by atoms with Gasteiger partial charge < -0.3 is 18.5 Å². The van der Waals surface area contributed by atoms with Crippen LogP contribution in [0.1, 0.15) is 37.1 Å². The van der Waals surface area contributed by atoms with Crippen molar-refractivity contribution < 1.29 is 27.9 Å². The molecule has 0 fully saturated rings. The van der Waals surface area contributed by atoms with Crippen LogP contribution < -0.4 is 4.74 Å². The van der Waals surface area contributed by atoms with Crippen LogP contribution in [0, 0.1) is 0 Å². The Morgan fingerprint density at radius 3 is 2.11 bits per heavy atom. The standard InChI is InChI=1S/C21H27O6P/c1-4-26-28(23,27-5-2)20(18-11-13-19(24-3)14-12-18)15-21(22)25-16-17-9-7-6-8-10-17/h6-14,20H,4-5,15-16H2,1-3H3/t20-/m1/s1. The maximum atomic E-state index is 13.4. The summed E-state index contributed by atoms with van der Waals surface area (Å²) in [6.45, 7) is 4.06. The minimum absolute atomic E-state index is 0.115. The van der Waals surface area contributed by atoms with Crippen molar-refractivity contribution in [3.8, 4) is 5.75 Å².